The Morgan fingerprint density at radius 2 is 2.47 bits per heavy atom. The van der Waals surface area contributed by atoms with Gasteiger partial charge in [-0.25, -0.2) is 0 Å². The zero-order valence-electron chi connectivity index (χ0n) is 8.40. The van der Waals surface area contributed by atoms with Crippen LogP contribution in [0, 0.1) is 5.92 Å². The van der Waals surface area contributed by atoms with Gasteiger partial charge in [-0.3, -0.25) is 14.6 Å². The molecule has 0 radical (unpaired) electrons. The largest absolute Gasteiger partial charge is 0.377 e. The van der Waals surface area contributed by atoms with E-state index < -0.39 is 5.92 Å². The predicted octanol–water partition coefficient (Wildman–Crippen LogP) is 0.652. The molecule has 0 bridgehead atoms. The summed E-state index contributed by atoms with van der Waals surface area (Å²) in [6.45, 7) is -0.00953. The maximum absolute atomic E-state index is 11.8. The number of fused-ring (bicyclic) bond motifs is 1. The van der Waals surface area contributed by atoms with Crippen LogP contribution in [0.3, 0.4) is 0 Å². The Morgan fingerprint density at radius 3 is 3.13 bits per heavy atom. The van der Waals surface area contributed by atoms with Crippen LogP contribution in [0.2, 0.25) is 0 Å². The average Bonchev–Trinajstić information content (AvgIpc) is 2.57. The monoisotopic (exact) mass is 205 g/mol. The minimum Gasteiger partial charge on any atom is -0.377 e. The SMILES string of the molecule is COCC(=O)C1Cc2cccnc2C1=O. The number of pyridine rings is 1. The van der Waals surface area contributed by atoms with Crippen LogP contribution in [0.5, 0.6) is 0 Å². The molecule has 0 amide bonds. The number of carbonyl (C=O) groups excluding carboxylic acids is 2. The van der Waals surface area contributed by atoms with Crippen LogP contribution in [-0.2, 0) is 16.0 Å². The minimum absolute atomic E-state index is 0.00953. The molecule has 0 fully saturated rings. The third-order valence-electron chi connectivity index (χ3n) is 2.54. The lowest BCUT2D eigenvalue weighted by Crippen LogP contribution is -2.24. The van der Waals surface area contributed by atoms with Crippen molar-refractivity contribution in [3.05, 3.63) is 29.6 Å². The molecule has 0 saturated carbocycles. The van der Waals surface area contributed by atoms with Crippen LogP contribution in [0.1, 0.15) is 16.1 Å². The number of carbonyl (C=O) groups is 2. The molecule has 0 N–H and O–H groups in total. The van der Waals surface area contributed by atoms with Crippen LogP contribution in [0.15, 0.2) is 18.3 Å². The third kappa shape index (κ3) is 1.68. The molecule has 0 aliphatic heterocycles. The molecule has 4 heteroatoms. The average molecular weight is 205 g/mol. The fourth-order valence-electron chi connectivity index (χ4n) is 1.81. The molecule has 0 aromatic carbocycles. The van der Waals surface area contributed by atoms with Crippen LogP contribution in [0.4, 0.5) is 0 Å². The molecule has 2 rings (SSSR count). The van der Waals surface area contributed by atoms with Crippen molar-refractivity contribution in [3.8, 4) is 0 Å². The maximum atomic E-state index is 11.8. The number of ketones is 2. The number of aromatic nitrogens is 1. The Kier molecular flexibility index (Phi) is 2.60. The Labute approximate surface area is 87.3 Å². The highest BCUT2D eigenvalue weighted by atomic mass is 16.5. The van der Waals surface area contributed by atoms with Gasteiger partial charge in [-0.15, -0.1) is 0 Å². The number of Topliss-reactive ketones (excluding diaryl/α,β-unsaturated/α-hetero) is 2. The Balaban J connectivity index is 2.24. The lowest BCUT2D eigenvalue weighted by atomic mass is 10.0. The quantitative estimate of drug-likeness (QED) is 0.680. The highest BCUT2D eigenvalue weighted by Gasteiger charge is 2.36. The first-order chi connectivity index (χ1) is 7.24. The molecule has 4 nitrogen and oxygen atoms in total. The lowest BCUT2D eigenvalue weighted by molar-refractivity contribution is -0.124. The molecule has 1 unspecified atom stereocenters. The lowest BCUT2D eigenvalue weighted by Gasteiger charge is -2.04. The van der Waals surface area contributed by atoms with Crippen molar-refractivity contribution in [1.82, 2.24) is 4.98 Å². The second-order valence-electron chi connectivity index (χ2n) is 3.53. The van der Waals surface area contributed by atoms with E-state index in [-0.39, 0.29) is 18.2 Å². The summed E-state index contributed by atoms with van der Waals surface area (Å²) in [7, 11) is 1.45. The minimum atomic E-state index is -0.588. The first-order valence-corrected chi connectivity index (χ1v) is 4.74. The van der Waals surface area contributed by atoms with Gasteiger partial charge in [0.2, 0.25) is 0 Å². The standard InChI is InChI=1S/C11H11NO3/c1-15-6-9(13)8-5-7-3-2-4-12-10(7)11(8)14/h2-4,8H,5-6H2,1H3. The van der Waals surface area contributed by atoms with Gasteiger partial charge in [-0.05, 0) is 18.1 Å². The number of ether oxygens (including phenoxy) is 1. The molecule has 1 aromatic rings. The Bertz CT molecular complexity index is 414. The van der Waals surface area contributed by atoms with Gasteiger partial charge in [0, 0.05) is 13.3 Å². The van der Waals surface area contributed by atoms with Gasteiger partial charge in [0.15, 0.2) is 11.6 Å². The fourth-order valence-corrected chi connectivity index (χ4v) is 1.81. The summed E-state index contributed by atoms with van der Waals surface area (Å²) in [6.07, 6.45) is 2.03. The smallest absolute Gasteiger partial charge is 0.192 e. The topological polar surface area (TPSA) is 56.3 Å². The van der Waals surface area contributed by atoms with E-state index in [1.807, 2.05) is 6.07 Å². The molecule has 0 spiro atoms. The van der Waals surface area contributed by atoms with Crippen molar-refractivity contribution in [2.24, 2.45) is 5.92 Å². The summed E-state index contributed by atoms with van der Waals surface area (Å²) < 4.78 is 4.74. The van der Waals surface area contributed by atoms with E-state index in [1.54, 1.807) is 12.3 Å². The van der Waals surface area contributed by atoms with Gasteiger partial charge in [-0.1, -0.05) is 6.07 Å². The van der Waals surface area contributed by atoms with E-state index in [9.17, 15) is 9.59 Å². The normalized spacial score (nSPS) is 19.0. The van der Waals surface area contributed by atoms with Gasteiger partial charge in [0.25, 0.3) is 0 Å². The van der Waals surface area contributed by atoms with Crippen LogP contribution in [0.25, 0.3) is 0 Å². The molecular weight excluding hydrogens is 194 g/mol. The first-order valence-electron chi connectivity index (χ1n) is 4.74. The van der Waals surface area contributed by atoms with E-state index in [1.165, 1.54) is 7.11 Å². The zero-order chi connectivity index (χ0) is 10.8. The number of rotatable bonds is 3. The first kappa shape index (κ1) is 9.98. The molecule has 1 heterocycles. The third-order valence-corrected chi connectivity index (χ3v) is 2.54. The highest BCUT2D eigenvalue weighted by molar-refractivity contribution is 6.13. The highest BCUT2D eigenvalue weighted by Crippen LogP contribution is 2.25. The van der Waals surface area contributed by atoms with Gasteiger partial charge >= 0.3 is 0 Å². The van der Waals surface area contributed by atoms with E-state index in [0.29, 0.717) is 12.1 Å². The van der Waals surface area contributed by atoms with Gasteiger partial charge in [-0.2, -0.15) is 0 Å². The van der Waals surface area contributed by atoms with Crippen molar-refractivity contribution < 1.29 is 14.3 Å². The van der Waals surface area contributed by atoms with Crippen molar-refractivity contribution in [2.45, 2.75) is 6.42 Å². The van der Waals surface area contributed by atoms with E-state index >= 15 is 0 Å². The van der Waals surface area contributed by atoms with E-state index in [0.717, 1.165) is 5.56 Å². The van der Waals surface area contributed by atoms with Gasteiger partial charge in [0.1, 0.15) is 12.3 Å². The predicted molar refractivity (Wildman–Crippen MR) is 52.6 cm³/mol. The Hall–Kier alpha value is -1.55. The molecule has 78 valence electrons. The second kappa shape index (κ2) is 3.90. The van der Waals surface area contributed by atoms with Crippen LogP contribution in [-0.4, -0.2) is 30.3 Å². The Morgan fingerprint density at radius 1 is 1.67 bits per heavy atom. The van der Waals surface area contributed by atoms with Gasteiger partial charge in [0.05, 0.1) is 5.92 Å². The summed E-state index contributed by atoms with van der Waals surface area (Å²) in [5.41, 5.74) is 1.30. The second-order valence-corrected chi connectivity index (χ2v) is 3.53. The van der Waals surface area contributed by atoms with Crippen LogP contribution >= 0.6 is 0 Å². The van der Waals surface area contributed by atoms with E-state index in [4.69, 9.17) is 4.74 Å². The molecule has 1 atom stereocenters. The fraction of sp³-hybridized carbons (Fsp3) is 0.364. The number of nitrogens with zero attached hydrogens (tertiary/aromatic N) is 1. The van der Waals surface area contributed by atoms with Crippen LogP contribution < -0.4 is 0 Å². The van der Waals surface area contributed by atoms with Crippen molar-refractivity contribution >= 4 is 11.6 Å². The van der Waals surface area contributed by atoms with Crippen molar-refractivity contribution in [2.75, 3.05) is 13.7 Å². The number of methoxy groups -OCH3 is 1. The van der Waals surface area contributed by atoms with Crippen molar-refractivity contribution in [3.63, 3.8) is 0 Å². The molecule has 1 aliphatic rings. The van der Waals surface area contributed by atoms with Crippen molar-refractivity contribution in [1.29, 1.82) is 0 Å². The maximum Gasteiger partial charge on any atom is 0.192 e. The summed E-state index contributed by atoms with van der Waals surface area (Å²) in [6, 6.07) is 3.61. The van der Waals surface area contributed by atoms with Gasteiger partial charge < -0.3 is 4.74 Å². The molecule has 1 aromatic heterocycles. The zero-order valence-corrected chi connectivity index (χ0v) is 8.40. The summed E-state index contributed by atoms with van der Waals surface area (Å²) >= 11 is 0. The summed E-state index contributed by atoms with van der Waals surface area (Å²) in [5, 5.41) is 0. The molecule has 15 heavy (non-hydrogen) atoms. The summed E-state index contributed by atoms with van der Waals surface area (Å²) in [4.78, 5) is 27.3. The van der Waals surface area contributed by atoms with E-state index in [2.05, 4.69) is 4.98 Å². The number of hydrogen-bond acceptors (Lipinski definition) is 4. The molecule has 1 aliphatic carbocycles. The number of hydrogen-bond donors (Lipinski definition) is 0. The molecule has 0 saturated heterocycles. The summed E-state index contributed by atoms with van der Waals surface area (Å²) in [5.74, 6) is -0.928. The molecular formula is C11H11NO3.